The van der Waals surface area contributed by atoms with E-state index < -0.39 is 0 Å². The maximum absolute atomic E-state index is 5.34. The highest BCUT2D eigenvalue weighted by Gasteiger charge is 2.11. The average molecular weight is 252 g/mol. The first-order chi connectivity index (χ1) is 8.33. The second-order valence-corrected chi connectivity index (χ2v) is 5.06. The third-order valence-electron chi connectivity index (χ3n) is 3.06. The van der Waals surface area contributed by atoms with Crippen molar-refractivity contribution in [2.24, 2.45) is 0 Å². The van der Waals surface area contributed by atoms with E-state index in [1.807, 2.05) is 0 Å². The van der Waals surface area contributed by atoms with E-state index in [-0.39, 0.29) is 0 Å². The van der Waals surface area contributed by atoms with Crippen LogP contribution in [0, 0.1) is 0 Å². The van der Waals surface area contributed by atoms with Crippen LogP contribution in [0.1, 0.15) is 5.56 Å². The van der Waals surface area contributed by atoms with E-state index in [9.17, 15) is 0 Å². The molecular weight excluding hydrogens is 232 g/mol. The number of benzene rings is 1. The zero-order chi connectivity index (χ0) is 12.1. The van der Waals surface area contributed by atoms with Gasteiger partial charge in [-0.25, -0.2) is 0 Å². The third kappa shape index (κ3) is 3.37. The van der Waals surface area contributed by atoms with E-state index in [2.05, 4.69) is 34.7 Å². The van der Waals surface area contributed by atoms with Crippen LogP contribution in [0.25, 0.3) is 0 Å². The molecule has 1 aromatic carbocycles. The van der Waals surface area contributed by atoms with Crippen molar-refractivity contribution in [2.45, 2.75) is 11.4 Å². The predicted octanol–water partition coefficient (Wildman–Crippen LogP) is 1.82. The number of ether oxygens (including phenoxy) is 1. The van der Waals surface area contributed by atoms with E-state index in [1.54, 1.807) is 18.9 Å². The van der Waals surface area contributed by atoms with Gasteiger partial charge in [0.15, 0.2) is 0 Å². The molecule has 2 rings (SSSR count). The highest BCUT2D eigenvalue weighted by atomic mass is 32.2. The largest absolute Gasteiger partial charge is 0.496 e. The van der Waals surface area contributed by atoms with Crippen molar-refractivity contribution < 1.29 is 4.74 Å². The molecule has 0 bridgehead atoms. The Bertz CT molecular complexity index is 364. The molecule has 0 aromatic heterocycles. The van der Waals surface area contributed by atoms with Crippen LogP contribution in [0.4, 0.5) is 0 Å². The lowest BCUT2D eigenvalue weighted by Gasteiger charge is -2.27. The number of thioether (sulfide) groups is 1. The summed E-state index contributed by atoms with van der Waals surface area (Å²) in [5.41, 5.74) is 1.37. The Labute approximate surface area is 108 Å². The Morgan fingerprint density at radius 1 is 1.35 bits per heavy atom. The summed E-state index contributed by atoms with van der Waals surface area (Å²) in [5.74, 6) is 0.974. The smallest absolute Gasteiger partial charge is 0.132 e. The summed E-state index contributed by atoms with van der Waals surface area (Å²) >= 11 is 1.74. The molecule has 0 atom stereocenters. The van der Waals surface area contributed by atoms with Crippen LogP contribution in [0.15, 0.2) is 23.1 Å². The van der Waals surface area contributed by atoms with Gasteiger partial charge in [0, 0.05) is 37.6 Å². The van der Waals surface area contributed by atoms with Crippen LogP contribution in [0.2, 0.25) is 0 Å². The molecule has 4 heteroatoms. The molecule has 0 aliphatic carbocycles. The summed E-state index contributed by atoms with van der Waals surface area (Å²) in [6, 6.07) is 6.48. The number of piperazine rings is 1. The Morgan fingerprint density at radius 2 is 2.12 bits per heavy atom. The van der Waals surface area contributed by atoms with Crippen LogP contribution >= 0.6 is 11.8 Å². The average Bonchev–Trinajstić information content (AvgIpc) is 2.40. The molecule has 3 nitrogen and oxygen atoms in total. The van der Waals surface area contributed by atoms with Gasteiger partial charge in [0.1, 0.15) is 5.75 Å². The van der Waals surface area contributed by atoms with Gasteiger partial charge < -0.3 is 10.1 Å². The first kappa shape index (κ1) is 12.7. The number of nitrogens with one attached hydrogen (secondary N) is 1. The van der Waals surface area contributed by atoms with Crippen molar-refractivity contribution in [1.82, 2.24) is 10.2 Å². The van der Waals surface area contributed by atoms with Crippen molar-refractivity contribution in [3.05, 3.63) is 23.8 Å². The summed E-state index contributed by atoms with van der Waals surface area (Å²) < 4.78 is 5.34. The van der Waals surface area contributed by atoms with Gasteiger partial charge in [0.25, 0.3) is 0 Å². The molecule has 1 aliphatic heterocycles. The molecule has 1 heterocycles. The molecule has 1 aromatic rings. The Kier molecular flexibility index (Phi) is 4.71. The number of methoxy groups -OCH3 is 1. The lowest BCUT2D eigenvalue weighted by molar-refractivity contribution is 0.233. The van der Waals surface area contributed by atoms with Gasteiger partial charge in [0.05, 0.1) is 7.11 Å². The van der Waals surface area contributed by atoms with Gasteiger partial charge in [-0.2, -0.15) is 0 Å². The lowest BCUT2D eigenvalue weighted by Crippen LogP contribution is -2.42. The van der Waals surface area contributed by atoms with Crippen LogP contribution in [-0.2, 0) is 6.54 Å². The van der Waals surface area contributed by atoms with E-state index in [0.29, 0.717) is 0 Å². The summed E-state index contributed by atoms with van der Waals surface area (Å²) in [5, 5.41) is 3.38. The maximum atomic E-state index is 5.34. The van der Waals surface area contributed by atoms with E-state index in [1.165, 1.54) is 10.5 Å². The summed E-state index contributed by atoms with van der Waals surface area (Å²) in [7, 11) is 1.73. The van der Waals surface area contributed by atoms with E-state index in [0.717, 1.165) is 38.5 Å². The molecule has 0 spiro atoms. The molecule has 0 amide bonds. The molecule has 94 valence electrons. The minimum Gasteiger partial charge on any atom is -0.496 e. The normalized spacial score (nSPS) is 17.1. The van der Waals surface area contributed by atoms with Gasteiger partial charge in [-0.3, -0.25) is 4.90 Å². The Hall–Kier alpha value is -0.710. The third-order valence-corrected chi connectivity index (χ3v) is 3.82. The number of nitrogens with zero attached hydrogens (tertiary/aromatic N) is 1. The van der Waals surface area contributed by atoms with Crippen molar-refractivity contribution in [1.29, 1.82) is 0 Å². The van der Waals surface area contributed by atoms with Crippen molar-refractivity contribution in [3.63, 3.8) is 0 Å². The van der Waals surface area contributed by atoms with E-state index >= 15 is 0 Å². The van der Waals surface area contributed by atoms with Crippen molar-refractivity contribution in [3.8, 4) is 5.75 Å². The monoisotopic (exact) mass is 252 g/mol. The highest BCUT2D eigenvalue weighted by Crippen LogP contribution is 2.28. The van der Waals surface area contributed by atoms with Crippen LogP contribution in [0.5, 0.6) is 5.75 Å². The highest BCUT2D eigenvalue weighted by molar-refractivity contribution is 7.98. The minimum atomic E-state index is 0.974. The first-order valence-electron chi connectivity index (χ1n) is 5.97. The zero-order valence-electron chi connectivity index (χ0n) is 10.5. The maximum Gasteiger partial charge on any atom is 0.132 e. The predicted molar refractivity (Wildman–Crippen MR) is 72.9 cm³/mol. The fraction of sp³-hybridized carbons (Fsp3) is 0.538. The second kappa shape index (κ2) is 6.28. The molecule has 1 saturated heterocycles. The summed E-state index contributed by atoms with van der Waals surface area (Å²) in [4.78, 5) is 3.71. The van der Waals surface area contributed by atoms with Gasteiger partial charge in [-0.05, 0) is 24.0 Å². The summed E-state index contributed by atoms with van der Waals surface area (Å²) in [6.07, 6.45) is 2.09. The van der Waals surface area contributed by atoms with Gasteiger partial charge in [-0.1, -0.05) is 6.07 Å². The molecule has 17 heavy (non-hydrogen) atoms. The number of hydrogen-bond acceptors (Lipinski definition) is 4. The molecule has 0 radical (unpaired) electrons. The standard InChI is InChI=1S/C13H20N2OS/c1-16-12-4-3-11(9-13(12)17-2)10-15-7-5-14-6-8-15/h3-4,9,14H,5-8,10H2,1-2H3. The molecule has 0 saturated carbocycles. The second-order valence-electron chi connectivity index (χ2n) is 4.22. The fourth-order valence-electron chi connectivity index (χ4n) is 2.11. The minimum absolute atomic E-state index is 0.974. The number of hydrogen-bond donors (Lipinski definition) is 1. The van der Waals surface area contributed by atoms with Crippen LogP contribution in [-0.4, -0.2) is 44.4 Å². The summed E-state index contributed by atoms with van der Waals surface area (Å²) in [6.45, 7) is 5.53. The fourth-order valence-corrected chi connectivity index (χ4v) is 2.73. The molecule has 0 unspecified atom stereocenters. The molecule has 1 aliphatic rings. The quantitative estimate of drug-likeness (QED) is 0.826. The van der Waals surface area contributed by atoms with Crippen molar-refractivity contribution in [2.75, 3.05) is 39.5 Å². The first-order valence-corrected chi connectivity index (χ1v) is 7.20. The van der Waals surface area contributed by atoms with E-state index in [4.69, 9.17) is 4.74 Å². The van der Waals surface area contributed by atoms with Crippen LogP contribution < -0.4 is 10.1 Å². The SMILES string of the molecule is COc1ccc(CN2CCNCC2)cc1SC. The van der Waals surface area contributed by atoms with Gasteiger partial charge in [0.2, 0.25) is 0 Å². The molecular formula is C13H20N2OS. The Balaban J connectivity index is 2.05. The molecule has 1 N–H and O–H groups in total. The Morgan fingerprint density at radius 3 is 2.76 bits per heavy atom. The zero-order valence-corrected chi connectivity index (χ0v) is 11.3. The van der Waals surface area contributed by atoms with Gasteiger partial charge >= 0.3 is 0 Å². The van der Waals surface area contributed by atoms with Crippen molar-refractivity contribution >= 4 is 11.8 Å². The molecule has 1 fully saturated rings. The lowest BCUT2D eigenvalue weighted by atomic mass is 10.2. The topological polar surface area (TPSA) is 24.5 Å². The van der Waals surface area contributed by atoms with Crippen LogP contribution in [0.3, 0.4) is 0 Å². The number of rotatable bonds is 4. The van der Waals surface area contributed by atoms with Gasteiger partial charge in [-0.15, -0.1) is 11.8 Å².